The normalized spacial score (nSPS) is 14.7. The molecule has 0 bridgehead atoms. The second-order valence-corrected chi connectivity index (χ2v) is 2.27. The first kappa shape index (κ1) is 11.0. The molecule has 0 saturated heterocycles. The highest BCUT2D eigenvalue weighted by Crippen LogP contribution is 1.84. The molecule has 1 atom stereocenters. The molecule has 6 radical (unpaired) electrons. The maximum absolute atomic E-state index is 8.99. The topological polar surface area (TPSA) is 64.5 Å². The molecule has 0 aliphatic heterocycles. The Hall–Kier alpha value is 0.0348. The van der Waals surface area contributed by atoms with Gasteiger partial charge in [-0.05, 0) is 0 Å². The summed E-state index contributed by atoms with van der Waals surface area (Å²) in [6.07, 6.45) is -0.737. The van der Waals surface area contributed by atoms with Crippen molar-refractivity contribution >= 4 is 23.7 Å². The molecule has 56 valence electrons. The summed E-state index contributed by atoms with van der Waals surface area (Å²) in [6, 6.07) is 0. The van der Waals surface area contributed by atoms with Crippen molar-refractivity contribution in [1.29, 1.82) is 0 Å². The summed E-state index contributed by atoms with van der Waals surface area (Å²) in [4.78, 5) is 0. The van der Waals surface area contributed by atoms with Crippen molar-refractivity contribution in [3.63, 3.8) is 0 Å². The van der Waals surface area contributed by atoms with Crippen LogP contribution in [0.25, 0.3) is 0 Å². The summed E-state index contributed by atoms with van der Waals surface area (Å²) in [5, 5.41) is 22.2. The van der Waals surface area contributed by atoms with E-state index in [9.17, 15) is 0 Å². The van der Waals surface area contributed by atoms with Crippen LogP contribution < -0.4 is 10.5 Å². The number of aliphatic hydroxyl groups is 2. The molecule has 1 unspecified atom stereocenters. The third-order valence-corrected chi connectivity index (χ3v) is 0.974. The van der Waals surface area contributed by atoms with E-state index in [-0.39, 0.29) is 13.1 Å². The van der Waals surface area contributed by atoms with Crippen LogP contribution in [0.4, 0.5) is 0 Å². The molecule has 0 amide bonds. The Balaban J connectivity index is 3.38. The molecular weight excluding hydrogens is 140 g/mol. The van der Waals surface area contributed by atoms with Crippen molar-refractivity contribution in [2.75, 3.05) is 13.1 Å². The Morgan fingerprint density at radius 3 is 2.27 bits per heavy atom. The molecule has 0 spiro atoms. The maximum atomic E-state index is 8.99. The van der Waals surface area contributed by atoms with E-state index in [1.165, 1.54) is 0 Å². The molecule has 0 aromatic rings. The van der Waals surface area contributed by atoms with Gasteiger partial charge in [-0.15, -0.1) is 0 Å². The molecule has 0 rings (SSSR count). The number of hydrogen-bond acceptors (Lipinski definition) is 4. The first-order chi connectivity index (χ1) is 4.95. The monoisotopic (exact) mass is 150 g/mol. The molecule has 0 aromatic heterocycles. The molecule has 4 N–H and O–H groups in total. The number of nitrogens with one attached hydrogen (secondary N) is 2. The molecule has 11 heavy (non-hydrogen) atoms. The van der Waals surface area contributed by atoms with Crippen LogP contribution in [0.15, 0.2) is 0 Å². The van der Waals surface area contributed by atoms with Crippen LogP contribution in [0.1, 0.15) is 0 Å². The lowest BCUT2D eigenvalue weighted by molar-refractivity contribution is 0.125. The Morgan fingerprint density at radius 1 is 1.36 bits per heavy atom. The lowest BCUT2D eigenvalue weighted by Crippen LogP contribution is -2.50. The molecule has 0 aromatic carbocycles. The zero-order valence-corrected chi connectivity index (χ0v) is 6.12. The van der Waals surface area contributed by atoms with Crippen molar-refractivity contribution in [2.45, 2.75) is 11.6 Å². The fraction of sp³-hybridized carbons (Fsp3) is 1.00. The summed E-state index contributed by atoms with van der Waals surface area (Å²) in [6.45, 7) is 0.261. The van der Waals surface area contributed by atoms with Gasteiger partial charge in [-0.2, -0.15) is 0 Å². The molecule has 0 saturated carbocycles. The zero-order chi connectivity index (χ0) is 8.91. The van der Waals surface area contributed by atoms with Gasteiger partial charge in [0.15, 0.2) is 7.98 Å². The van der Waals surface area contributed by atoms with Crippen molar-refractivity contribution in [3.8, 4) is 0 Å². The molecule has 0 aliphatic carbocycles. The number of hydrogen-bond donors (Lipinski definition) is 4. The smallest absolute Gasteiger partial charge is 0.177 e. The van der Waals surface area contributed by atoms with Gasteiger partial charge in [0.25, 0.3) is 0 Å². The summed E-state index contributed by atoms with van der Waals surface area (Å²) in [5.41, 5.74) is -1.95. The van der Waals surface area contributed by atoms with E-state index in [0.717, 1.165) is 0 Å². The Kier molecular flexibility index (Phi) is 4.84. The van der Waals surface area contributed by atoms with Crippen molar-refractivity contribution in [3.05, 3.63) is 0 Å². The quantitative estimate of drug-likeness (QED) is 0.243. The van der Waals surface area contributed by atoms with Gasteiger partial charge < -0.3 is 20.8 Å². The van der Waals surface area contributed by atoms with Crippen molar-refractivity contribution in [1.82, 2.24) is 10.5 Å². The van der Waals surface area contributed by atoms with Crippen LogP contribution >= 0.6 is 0 Å². The van der Waals surface area contributed by atoms with Crippen LogP contribution in [-0.4, -0.2) is 58.6 Å². The van der Waals surface area contributed by atoms with Gasteiger partial charge in [0.2, 0.25) is 0 Å². The average Bonchev–Trinajstić information content (AvgIpc) is 1.83. The standard InChI is InChI=1S/C4H9B3N2O2/c5-4(6,11)8-1-3(10)2-9-7/h3,8-11H,1-2H2. The SMILES string of the molecule is [B]NCC(O)CNC([B])([B])O. The fourth-order valence-corrected chi connectivity index (χ4v) is 0.490. The third-order valence-electron chi connectivity index (χ3n) is 0.974. The summed E-state index contributed by atoms with van der Waals surface area (Å²) >= 11 is 0. The lowest BCUT2D eigenvalue weighted by atomic mass is 9.73. The van der Waals surface area contributed by atoms with Gasteiger partial charge in [-0.3, -0.25) is 0 Å². The second kappa shape index (κ2) is 4.82. The Bertz CT molecular complexity index is 108. The third kappa shape index (κ3) is 7.94. The van der Waals surface area contributed by atoms with E-state index in [2.05, 4.69) is 10.5 Å². The van der Waals surface area contributed by atoms with E-state index < -0.39 is 11.6 Å². The van der Waals surface area contributed by atoms with Gasteiger partial charge in [0.05, 0.1) is 6.10 Å². The molecule has 0 fully saturated rings. The minimum absolute atomic E-state index is 0.0632. The maximum Gasteiger partial charge on any atom is 0.177 e. The van der Waals surface area contributed by atoms with E-state index in [4.69, 9.17) is 33.9 Å². The number of rotatable bonds is 5. The largest absolute Gasteiger partial charge is 0.395 e. The van der Waals surface area contributed by atoms with Crippen molar-refractivity contribution in [2.24, 2.45) is 0 Å². The molecule has 0 heterocycles. The van der Waals surface area contributed by atoms with Crippen LogP contribution in [0.5, 0.6) is 0 Å². The van der Waals surface area contributed by atoms with Crippen molar-refractivity contribution < 1.29 is 10.2 Å². The highest BCUT2D eigenvalue weighted by molar-refractivity contribution is 6.38. The minimum Gasteiger partial charge on any atom is -0.395 e. The summed E-state index contributed by atoms with van der Waals surface area (Å²) in [5.74, 6) is 0. The lowest BCUT2D eigenvalue weighted by Gasteiger charge is -2.22. The van der Waals surface area contributed by atoms with E-state index >= 15 is 0 Å². The number of aliphatic hydroxyl groups excluding tert-OH is 1. The van der Waals surface area contributed by atoms with Gasteiger partial charge in [0, 0.05) is 18.6 Å². The second-order valence-electron chi connectivity index (χ2n) is 2.27. The van der Waals surface area contributed by atoms with Crippen LogP contribution in [0, 0.1) is 0 Å². The molecule has 0 aliphatic rings. The fourth-order valence-electron chi connectivity index (χ4n) is 0.490. The Morgan fingerprint density at radius 2 is 1.91 bits per heavy atom. The predicted octanol–water partition coefficient (Wildman–Crippen LogP) is -3.45. The van der Waals surface area contributed by atoms with Gasteiger partial charge in [-0.1, -0.05) is 0 Å². The zero-order valence-electron chi connectivity index (χ0n) is 6.12. The summed E-state index contributed by atoms with van der Waals surface area (Å²) < 4.78 is 0. The predicted molar refractivity (Wildman–Crippen MR) is 44.2 cm³/mol. The van der Waals surface area contributed by atoms with Crippen LogP contribution in [0.3, 0.4) is 0 Å². The highest BCUT2D eigenvalue weighted by Gasteiger charge is 2.11. The highest BCUT2D eigenvalue weighted by atomic mass is 16.3. The van der Waals surface area contributed by atoms with E-state index in [0.29, 0.717) is 0 Å². The van der Waals surface area contributed by atoms with Crippen LogP contribution in [0.2, 0.25) is 0 Å². The molecular formula is C4H9B3N2O2. The first-order valence-corrected chi connectivity index (χ1v) is 3.12. The molecule has 4 nitrogen and oxygen atoms in total. The molecule has 7 heteroatoms. The van der Waals surface area contributed by atoms with E-state index in [1.54, 1.807) is 0 Å². The Labute approximate surface area is 70.0 Å². The van der Waals surface area contributed by atoms with Gasteiger partial charge in [-0.25, -0.2) is 0 Å². The minimum atomic E-state index is -1.95. The van der Waals surface area contributed by atoms with E-state index in [1.807, 2.05) is 0 Å². The average molecular weight is 150 g/mol. The first-order valence-electron chi connectivity index (χ1n) is 3.12. The van der Waals surface area contributed by atoms with Crippen LogP contribution in [-0.2, 0) is 0 Å². The van der Waals surface area contributed by atoms with Gasteiger partial charge in [0.1, 0.15) is 15.7 Å². The van der Waals surface area contributed by atoms with Gasteiger partial charge >= 0.3 is 0 Å². The summed E-state index contributed by atoms with van der Waals surface area (Å²) in [7, 11) is 14.8.